The summed E-state index contributed by atoms with van der Waals surface area (Å²) in [4.78, 5) is 5.10. The summed E-state index contributed by atoms with van der Waals surface area (Å²) in [5, 5.41) is 4.86. The van der Waals surface area contributed by atoms with Crippen LogP contribution in [-0.2, 0) is 0 Å². The first-order valence-electron chi connectivity index (χ1n) is 27.7. The van der Waals surface area contributed by atoms with Crippen molar-refractivity contribution in [3.8, 4) is 11.4 Å². The van der Waals surface area contributed by atoms with E-state index in [2.05, 4.69) is 299 Å². The van der Waals surface area contributed by atoms with Gasteiger partial charge < -0.3 is 32.1 Å². The molecule has 12 aromatic carbocycles. The molecule has 0 bridgehead atoms. The number of rotatable bonds is 4. The topological polar surface area (TPSA) is 29.6 Å². The van der Waals surface area contributed by atoms with Crippen LogP contribution in [0.4, 0.5) is 34.1 Å². The fourth-order valence-corrected chi connectivity index (χ4v) is 14.8. The highest BCUT2D eigenvalue weighted by molar-refractivity contribution is 6.30. The third-order valence-electron chi connectivity index (χ3n) is 17.7. The van der Waals surface area contributed by atoms with E-state index in [0.717, 1.165) is 77.9 Å². The number of para-hydroxylation sites is 12. The Morgan fingerprint density at radius 3 is 1.26 bits per heavy atom. The molecule has 1 atom stereocenters. The quantitative estimate of drug-likeness (QED) is 0.130. The smallest absolute Gasteiger partial charge is 0.0956 e. The average Bonchev–Trinajstić information content (AvgIpc) is 3.96. The summed E-state index contributed by atoms with van der Waals surface area (Å²) in [5.41, 5.74) is 28.2. The van der Waals surface area contributed by atoms with E-state index < -0.39 is 0 Å². The maximum absolute atomic E-state index is 2.62. The lowest BCUT2D eigenvalue weighted by molar-refractivity contribution is 0.913. The van der Waals surface area contributed by atoms with Gasteiger partial charge in [-0.3, -0.25) is 0 Å². The van der Waals surface area contributed by atoms with Gasteiger partial charge in [0.2, 0.25) is 0 Å². The van der Waals surface area contributed by atoms with Gasteiger partial charge in [0.15, 0.2) is 0 Å². The molecule has 5 aromatic heterocycles. The van der Waals surface area contributed by atoms with Crippen molar-refractivity contribution in [2.75, 3.05) is 9.80 Å². The summed E-state index contributed by atoms with van der Waals surface area (Å²) in [7, 11) is 0. The van der Waals surface area contributed by atoms with Crippen molar-refractivity contribution in [3.05, 3.63) is 284 Å². The molecular formula is C73H45N7. The van der Waals surface area contributed by atoms with Crippen molar-refractivity contribution < 1.29 is 0 Å². The van der Waals surface area contributed by atoms with Gasteiger partial charge >= 0.3 is 0 Å². The van der Waals surface area contributed by atoms with Gasteiger partial charge in [-0.1, -0.05) is 158 Å². The maximum atomic E-state index is 2.62. The van der Waals surface area contributed by atoms with E-state index >= 15 is 0 Å². The van der Waals surface area contributed by atoms with Crippen LogP contribution in [0.3, 0.4) is 0 Å². The van der Waals surface area contributed by atoms with Crippen LogP contribution in [0.1, 0.15) is 22.6 Å². The van der Waals surface area contributed by atoms with E-state index in [9.17, 15) is 0 Å². The Bertz CT molecular complexity index is 5460. The Kier molecular flexibility index (Phi) is 8.19. The van der Waals surface area contributed by atoms with Crippen LogP contribution < -0.4 is 9.80 Å². The lowest BCUT2D eigenvalue weighted by atomic mass is 9.75. The molecule has 7 heteroatoms. The molecule has 19 rings (SSSR count). The monoisotopic (exact) mass is 1020 g/mol. The van der Waals surface area contributed by atoms with E-state index in [1.54, 1.807) is 0 Å². The van der Waals surface area contributed by atoms with Crippen molar-refractivity contribution in [3.63, 3.8) is 0 Å². The number of fused-ring (bicyclic) bond motifs is 18. The number of hydrogen-bond acceptors (Lipinski definition) is 2. The Morgan fingerprint density at radius 2 is 0.675 bits per heavy atom. The van der Waals surface area contributed by atoms with E-state index in [1.807, 2.05) is 0 Å². The second kappa shape index (κ2) is 15.5. The lowest BCUT2D eigenvalue weighted by Crippen LogP contribution is -2.29. The van der Waals surface area contributed by atoms with Crippen LogP contribution in [0, 0.1) is 0 Å². The van der Waals surface area contributed by atoms with Crippen molar-refractivity contribution in [2.24, 2.45) is 0 Å². The highest BCUT2D eigenvalue weighted by atomic mass is 15.2. The molecule has 1 unspecified atom stereocenters. The molecule has 0 saturated carbocycles. The molecule has 2 aliphatic rings. The van der Waals surface area contributed by atoms with Crippen LogP contribution in [0.2, 0.25) is 0 Å². The van der Waals surface area contributed by atoms with Crippen molar-refractivity contribution in [2.45, 2.75) is 5.92 Å². The van der Waals surface area contributed by atoms with Gasteiger partial charge in [0.05, 0.1) is 94.5 Å². The molecule has 0 saturated heterocycles. The zero-order chi connectivity index (χ0) is 51.9. The second-order valence-electron chi connectivity index (χ2n) is 21.6. The standard InChI is InChI=1S/C73H45N7/c1-5-23-45(24-6-1)74-53-35-15-13-31-49(53)65-50-32-14-16-36-54(50)76(47-27-9-3-10-28-47)72-66-51-33-21-41-59-69(51)79(61(66)43-63(74)68(65)72)60-42-22-34-52-67-62(80(59)70(52)60)44-64-71-73(67)77(48-29-11-4-12-30-48)56-38-18-20-40-58(56)78(71)57-39-19-17-37-55(57)75(64)46-25-7-2-8-26-46/h1-44,65H. The molecule has 17 aromatic rings. The van der Waals surface area contributed by atoms with Gasteiger partial charge in [0.25, 0.3) is 0 Å². The van der Waals surface area contributed by atoms with Gasteiger partial charge in [-0.2, -0.15) is 0 Å². The number of hydrogen-bond donors (Lipinski definition) is 0. The van der Waals surface area contributed by atoms with Crippen LogP contribution in [0.5, 0.6) is 0 Å². The molecule has 0 fully saturated rings. The van der Waals surface area contributed by atoms with Gasteiger partial charge in [-0.15, -0.1) is 0 Å². The van der Waals surface area contributed by atoms with E-state index in [-0.39, 0.29) is 5.92 Å². The van der Waals surface area contributed by atoms with Gasteiger partial charge in [0, 0.05) is 55.8 Å². The summed E-state index contributed by atoms with van der Waals surface area (Å²) in [6, 6.07) is 99.1. The first-order chi connectivity index (χ1) is 39.8. The summed E-state index contributed by atoms with van der Waals surface area (Å²) >= 11 is 0. The minimum atomic E-state index is -0.0114. The largest absolute Gasteiger partial charge is 0.310 e. The molecule has 0 spiro atoms. The van der Waals surface area contributed by atoms with Gasteiger partial charge in [-0.05, 0) is 120 Å². The number of nitrogens with zero attached hydrogens (tertiary/aromatic N) is 7. The van der Waals surface area contributed by atoms with Crippen LogP contribution in [0.25, 0.3) is 105 Å². The van der Waals surface area contributed by atoms with Crippen molar-refractivity contribution in [1.82, 2.24) is 22.3 Å². The highest BCUT2D eigenvalue weighted by Crippen LogP contribution is 2.63. The number of anilines is 6. The SMILES string of the molecule is c1ccc(N2c3ccccc3C3c4ccccc4N(c4ccccc4)c4c3c2cc2c4c3cccc4c3n2c2cccc3c5c6c7c(cc5n4c32)n(-c2ccccc2)c2ccccc2n7c2ccccc2n6-c2ccccc2)cc1. The Balaban J connectivity index is 1.06. The van der Waals surface area contributed by atoms with E-state index in [0.29, 0.717) is 0 Å². The second-order valence-corrected chi connectivity index (χ2v) is 21.6. The van der Waals surface area contributed by atoms with Crippen molar-refractivity contribution >= 4 is 127 Å². The van der Waals surface area contributed by atoms with Crippen molar-refractivity contribution in [1.29, 1.82) is 0 Å². The predicted octanol–water partition coefficient (Wildman–Crippen LogP) is 18.8. The average molecular weight is 1020 g/mol. The molecule has 0 amide bonds. The molecular weight excluding hydrogens is 975 g/mol. The predicted molar refractivity (Wildman–Crippen MR) is 331 cm³/mol. The zero-order valence-corrected chi connectivity index (χ0v) is 43.1. The fraction of sp³-hybridized carbons (Fsp3) is 0.0137. The number of benzene rings is 12. The summed E-state index contributed by atoms with van der Waals surface area (Å²) in [6.07, 6.45) is 0. The fourth-order valence-electron chi connectivity index (χ4n) is 14.8. The lowest BCUT2D eigenvalue weighted by Gasteiger charge is -2.45. The molecule has 2 aliphatic heterocycles. The maximum Gasteiger partial charge on any atom is 0.0956 e. The summed E-state index contributed by atoms with van der Waals surface area (Å²) in [5.74, 6) is -0.0114. The first-order valence-corrected chi connectivity index (χ1v) is 27.7. The molecule has 0 N–H and O–H groups in total. The Labute approximate surface area is 458 Å². The third-order valence-corrected chi connectivity index (χ3v) is 17.7. The Hall–Kier alpha value is -10.8. The van der Waals surface area contributed by atoms with E-state index in [4.69, 9.17) is 0 Å². The van der Waals surface area contributed by atoms with Gasteiger partial charge in [-0.25, -0.2) is 0 Å². The first kappa shape index (κ1) is 42.4. The highest BCUT2D eigenvalue weighted by Gasteiger charge is 2.43. The van der Waals surface area contributed by atoms with Crippen LogP contribution >= 0.6 is 0 Å². The molecule has 372 valence electrons. The minimum absolute atomic E-state index is 0.0114. The third kappa shape index (κ3) is 5.24. The Morgan fingerprint density at radius 1 is 0.250 bits per heavy atom. The molecule has 0 radical (unpaired) electrons. The molecule has 7 heterocycles. The van der Waals surface area contributed by atoms with Crippen LogP contribution in [-0.4, -0.2) is 22.3 Å². The van der Waals surface area contributed by atoms with Crippen LogP contribution in [0.15, 0.2) is 267 Å². The summed E-state index contributed by atoms with van der Waals surface area (Å²) in [6.45, 7) is 0. The normalized spacial score (nSPS) is 14.1. The molecule has 7 nitrogen and oxygen atoms in total. The van der Waals surface area contributed by atoms with Gasteiger partial charge in [0.1, 0.15) is 0 Å². The number of aromatic nitrogens is 5. The minimum Gasteiger partial charge on any atom is -0.310 e. The molecule has 0 aliphatic carbocycles. The molecule has 80 heavy (non-hydrogen) atoms. The zero-order valence-electron chi connectivity index (χ0n) is 43.1. The summed E-state index contributed by atoms with van der Waals surface area (Å²) < 4.78 is 12.8. The van der Waals surface area contributed by atoms with E-state index in [1.165, 1.54) is 77.5 Å².